The molecule has 0 saturated heterocycles. The monoisotopic (exact) mass is 267 g/mol. The predicted molar refractivity (Wildman–Crippen MR) is 78.8 cm³/mol. The number of carbonyl (C=O) groups excluding carboxylic acids is 1. The van der Waals surface area contributed by atoms with Crippen LogP contribution in [-0.4, -0.2) is 23.0 Å². The first-order valence-electron chi connectivity index (χ1n) is 6.66. The van der Waals surface area contributed by atoms with Gasteiger partial charge < -0.3 is 10.0 Å². The fourth-order valence-corrected chi connectivity index (χ4v) is 2.72. The first-order valence-corrected chi connectivity index (χ1v) is 6.66. The molecular weight excluding hydrogens is 250 g/mol. The van der Waals surface area contributed by atoms with Crippen molar-refractivity contribution in [3.8, 4) is 16.9 Å². The van der Waals surface area contributed by atoms with Crippen molar-refractivity contribution in [3.63, 3.8) is 0 Å². The number of nitrogens with zero attached hydrogens (tertiary/aromatic N) is 1. The van der Waals surface area contributed by atoms with E-state index in [-0.39, 0.29) is 11.7 Å². The number of phenols is 1. The fraction of sp³-hybridized carbons (Fsp3) is 0.235. The van der Waals surface area contributed by atoms with Crippen LogP contribution in [0.1, 0.15) is 27.0 Å². The van der Waals surface area contributed by atoms with Gasteiger partial charge >= 0.3 is 0 Å². The summed E-state index contributed by atoms with van der Waals surface area (Å²) >= 11 is 0. The quantitative estimate of drug-likeness (QED) is 0.796. The zero-order valence-electron chi connectivity index (χ0n) is 11.9. The molecule has 0 saturated carbocycles. The van der Waals surface area contributed by atoms with Gasteiger partial charge in [0.25, 0.3) is 5.91 Å². The molecule has 1 amide bonds. The second-order valence-electron chi connectivity index (χ2n) is 5.51. The van der Waals surface area contributed by atoms with Gasteiger partial charge in [-0.2, -0.15) is 0 Å². The van der Waals surface area contributed by atoms with Gasteiger partial charge in [0.2, 0.25) is 0 Å². The number of phenolic OH excluding ortho intramolecular Hbond substituents is 1. The van der Waals surface area contributed by atoms with Crippen molar-refractivity contribution < 1.29 is 9.90 Å². The SMILES string of the molecule is Cc1ccc2c(c1)C(=O)N(C)Cc1cc(O)c(C)cc1-2. The van der Waals surface area contributed by atoms with E-state index in [0.29, 0.717) is 6.54 Å². The molecule has 2 aromatic rings. The van der Waals surface area contributed by atoms with Crippen LogP contribution in [0.15, 0.2) is 30.3 Å². The average molecular weight is 267 g/mol. The Bertz CT molecular complexity index is 719. The van der Waals surface area contributed by atoms with Crippen molar-refractivity contribution >= 4 is 5.91 Å². The summed E-state index contributed by atoms with van der Waals surface area (Å²) in [6, 6.07) is 9.68. The summed E-state index contributed by atoms with van der Waals surface area (Å²) in [7, 11) is 1.79. The van der Waals surface area contributed by atoms with Gasteiger partial charge in [-0.15, -0.1) is 0 Å². The summed E-state index contributed by atoms with van der Waals surface area (Å²) in [6.45, 7) is 4.37. The minimum absolute atomic E-state index is 0.0250. The van der Waals surface area contributed by atoms with Crippen LogP contribution in [0.2, 0.25) is 0 Å². The Balaban J connectivity index is 2.35. The molecule has 0 radical (unpaired) electrons. The number of carbonyl (C=O) groups is 1. The van der Waals surface area contributed by atoms with Crippen LogP contribution < -0.4 is 0 Å². The summed E-state index contributed by atoms with van der Waals surface area (Å²) in [5.74, 6) is 0.303. The van der Waals surface area contributed by atoms with E-state index < -0.39 is 0 Å². The van der Waals surface area contributed by atoms with Crippen LogP contribution in [0.4, 0.5) is 0 Å². The first kappa shape index (κ1) is 12.7. The summed E-state index contributed by atoms with van der Waals surface area (Å²) in [5.41, 5.74) is 5.59. The van der Waals surface area contributed by atoms with Gasteiger partial charge in [-0.1, -0.05) is 17.7 Å². The lowest BCUT2D eigenvalue weighted by Gasteiger charge is -2.15. The van der Waals surface area contributed by atoms with E-state index >= 15 is 0 Å². The third-order valence-electron chi connectivity index (χ3n) is 3.87. The number of rotatable bonds is 0. The second kappa shape index (κ2) is 4.37. The minimum atomic E-state index is 0.0250. The summed E-state index contributed by atoms with van der Waals surface area (Å²) in [6.07, 6.45) is 0. The molecule has 102 valence electrons. The molecule has 0 aliphatic carbocycles. The average Bonchev–Trinajstić information content (AvgIpc) is 2.49. The van der Waals surface area contributed by atoms with Gasteiger partial charge in [-0.05, 0) is 54.3 Å². The van der Waals surface area contributed by atoms with E-state index in [0.717, 1.165) is 33.4 Å². The minimum Gasteiger partial charge on any atom is -0.508 e. The van der Waals surface area contributed by atoms with E-state index in [4.69, 9.17) is 0 Å². The smallest absolute Gasteiger partial charge is 0.254 e. The van der Waals surface area contributed by atoms with E-state index in [1.807, 2.05) is 38.1 Å². The van der Waals surface area contributed by atoms with Crippen LogP contribution in [-0.2, 0) is 6.54 Å². The lowest BCUT2D eigenvalue weighted by molar-refractivity contribution is 0.0788. The number of aromatic hydroxyl groups is 1. The highest BCUT2D eigenvalue weighted by Gasteiger charge is 2.24. The Morgan fingerprint density at radius 2 is 1.80 bits per heavy atom. The number of hydrogen-bond acceptors (Lipinski definition) is 2. The number of aryl methyl sites for hydroxylation is 2. The number of amides is 1. The van der Waals surface area contributed by atoms with Crippen LogP contribution in [0.25, 0.3) is 11.1 Å². The molecule has 1 aliphatic heterocycles. The van der Waals surface area contributed by atoms with Crippen LogP contribution in [0.5, 0.6) is 5.75 Å². The zero-order chi connectivity index (χ0) is 14.4. The third kappa shape index (κ3) is 1.86. The van der Waals surface area contributed by atoms with Crippen molar-refractivity contribution in [3.05, 3.63) is 52.6 Å². The molecule has 0 unspecified atom stereocenters. The van der Waals surface area contributed by atoms with E-state index in [2.05, 4.69) is 0 Å². The fourth-order valence-electron chi connectivity index (χ4n) is 2.72. The number of benzene rings is 2. The van der Waals surface area contributed by atoms with Crippen LogP contribution >= 0.6 is 0 Å². The highest BCUT2D eigenvalue weighted by molar-refractivity contribution is 6.02. The van der Waals surface area contributed by atoms with Crippen LogP contribution in [0.3, 0.4) is 0 Å². The molecule has 1 aliphatic rings. The molecule has 3 rings (SSSR count). The molecule has 0 fully saturated rings. The maximum Gasteiger partial charge on any atom is 0.254 e. The Kier molecular flexibility index (Phi) is 2.78. The summed E-state index contributed by atoms with van der Waals surface area (Å²) in [4.78, 5) is 14.2. The van der Waals surface area contributed by atoms with Crippen molar-refractivity contribution in [1.29, 1.82) is 0 Å². The third-order valence-corrected chi connectivity index (χ3v) is 3.87. The molecule has 0 atom stereocenters. The molecule has 3 heteroatoms. The van der Waals surface area contributed by atoms with Gasteiger partial charge in [-0.3, -0.25) is 4.79 Å². The van der Waals surface area contributed by atoms with Crippen molar-refractivity contribution in [1.82, 2.24) is 4.90 Å². The van der Waals surface area contributed by atoms with E-state index in [1.54, 1.807) is 18.0 Å². The number of hydrogen-bond donors (Lipinski definition) is 1. The lowest BCUT2D eigenvalue weighted by atomic mass is 9.93. The number of fused-ring (bicyclic) bond motifs is 3. The molecular formula is C17H17NO2. The Morgan fingerprint density at radius 1 is 1.05 bits per heavy atom. The lowest BCUT2D eigenvalue weighted by Crippen LogP contribution is -2.24. The first-order chi connectivity index (χ1) is 9.47. The van der Waals surface area contributed by atoms with Gasteiger partial charge in [-0.25, -0.2) is 0 Å². The van der Waals surface area contributed by atoms with Crippen molar-refractivity contribution in [2.45, 2.75) is 20.4 Å². The maximum absolute atomic E-state index is 12.5. The van der Waals surface area contributed by atoms with Crippen LogP contribution in [0, 0.1) is 13.8 Å². The Morgan fingerprint density at radius 3 is 2.55 bits per heavy atom. The molecule has 0 aromatic heterocycles. The van der Waals surface area contributed by atoms with Gasteiger partial charge in [0.05, 0.1) is 0 Å². The molecule has 0 bridgehead atoms. The normalized spacial score (nSPS) is 13.8. The van der Waals surface area contributed by atoms with Gasteiger partial charge in [0, 0.05) is 19.2 Å². The summed E-state index contributed by atoms with van der Waals surface area (Å²) in [5, 5.41) is 9.91. The van der Waals surface area contributed by atoms with Crippen molar-refractivity contribution in [2.75, 3.05) is 7.05 Å². The molecule has 3 nitrogen and oxygen atoms in total. The molecule has 2 aromatic carbocycles. The molecule has 0 spiro atoms. The topological polar surface area (TPSA) is 40.5 Å². The van der Waals surface area contributed by atoms with E-state index in [1.165, 1.54) is 0 Å². The highest BCUT2D eigenvalue weighted by Crippen LogP contribution is 2.36. The van der Waals surface area contributed by atoms with Gasteiger partial charge in [0.15, 0.2) is 0 Å². The van der Waals surface area contributed by atoms with E-state index in [9.17, 15) is 9.90 Å². The predicted octanol–water partition coefficient (Wildman–Crippen LogP) is 3.26. The summed E-state index contributed by atoms with van der Waals surface area (Å²) < 4.78 is 0. The maximum atomic E-state index is 12.5. The molecule has 1 N–H and O–H groups in total. The second-order valence-corrected chi connectivity index (χ2v) is 5.51. The highest BCUT2D eigenvalue weighted by atomic mass is 16.3. The molecule has 20 heavy (non-hydrogen) atoms. The van der Waals surface area contributed by atoms with Crippen molar-refractivity contribution in [2.24, 2.45) is 0 Å². The Labute approximate surface area is 118 Å². The van der Waals surface area contributed by atoms with Gasteiger partial charge in [0.1, 0.15) is 5.75 Å². The largest absolute Gasteiger partial charge is 0.508 e. The zero-order valence-corrected chi connectivity index (χ0v) is 11.9. The molecule has 1 heterocycles. The Hall–Kier alpha value is -2.29. The standard InChI is InChI=1S/C17H17NO2/c1-10-4-5-13-14-7-11(2)16(19)8-12(14)9-18(3)17(20)15(13)6-10/h4-8,19H,9H2,1-3H3.